The lowest BCUT2D eigenvalue weighted by molar-refractivity contribution is -0.138. The molecular formula is C16H32ClN3O3S. The Morgan fingerprint density at radius 1 is 1.17 bits per heavy atom. The van der Waals surface area contributed by atoms with E-state index in [2.05, 4.69) is 5.32 Å². The van der Waals surface area contributed by atoms with Gasteiger partial charge in [0.1, 0.15) is 0 Å². The van der Waals surface area contributed by atoms with Gasteiger partial charge in [0.25, 0.3) is 0 Å². The number of carbonyl (C=O) groups is 1. The first kappa shape index (κ1) is 21.7. The van der Waals surface area contributed by atoms with E-state index >= 15 is 0 Å². The number of halogens is 1. The van der Waals surface area contributed by atoms with Crippen molar-refractivity contribution in [3.05, 3.63) is 0 Å². The molecule has 2 rings (SSSR count). The number of amides is 1. The quantitative estimate of drug-likeness (QED) is 0.753. The summed E-state index contributed by atoms with van der Waals surface area (Å²) in [6.45, 7) is 5.27. The molecule has 0 saturated carbocycles. The third-order valence-corrected chi connectivity index (χ3v) is 7.07. The van der Waals surface area contributed by atoms with E-state index in [0.717, 1.165) is 45.3 Å². The molecule has 1 amide bonds. The number of hydrogen-bond acceptors (Lipinski definition) is 4. The summed E-state index contributed by atoms with van der Waals surface area (Å²) in [6, 6.07) is 0. The van der Waals surface area contributed by atoms with Crippen LogP contribution in [0.1, 0.15) is 39.0 Å². The molecular weight excluding hydrogens is 350 g/mol. The monoisotopic (exact) mass is 381 g/mol. The van der Waals surface area contributed by atoms with Crippen molar-refractivity contribution in [1.29, 1.82) is 0 Å². The van der Waals surface area contributed by atoms with E-state index in [-0.39, 0.29) is 30.0 Å². The highest BCUT2D eigenvalue weighted by Gasteiger charge is 2.34. The maximum Gasteiger partial charge on any atom is 0.227 e. The molecule has 6 nitrogen and oxygen atoms in total. The van der Waals surface area contributed by atoms with Crippen molar-refractivity contribution in [1.82, 2.24) is 14.5 Å². The van der Waals surface area contributed by atoms with Crippen LogP contribution < -0.4 is 5.32 Å². The van der Waals surface area contributed by atoms with E-state index < -0.39 is 10.0 Å². The second-order valence-electron chi connectivity index (χ2n) is 6.76. The van der Waals surface area contributed by atoms with Crippen molar-refractivity contribution < 1.29 is 13.2 Å². The van der Waals surface area contributed by atoms with Crippen molar-refractivity contribution >= 4 is 28.3 Å². The Hall–Kier alpha value is -0.370. The molecule has 0 aromatic carbocycles. The van der Waals surface area contributed by atoms with Gasteiger partial charge in [-0.2, -0.15) is 0 Å². The maximum atomic E-state index is 12.7. The topological polar surface area (TPSA) is 69.7 Å². The fourth-order valence-corrected chi connectivity index (χ4v) is 4.81. The van der Waals surface area contributed by atoms with Crippen molar-refractivity contribution in [3.8, 4) is 0 Å². The molecule has 2 saturated heterocycles. The van der Waals surface area contributed by atoms with Crippen molar-refractivity contribution in [2.45, 2.75) is 39.0 Å². The molecule has 1 N–H and O–H groups in total. The number of sulfonamides is 1. The summed E-state index contributed by atoms with van der Waals surface area (Å²) >= 11 is 0. The van der Waals surface area contributed by atoms with Crippen molar-refractivity contribution in [3.63, 3.8) is 0 Å². The van der Waals surface area contributed by atoms with Crippen LogP contribution in [-0.2, 0) is 14.8 Å². The first-order valence-corrected chi connectivity index (χ1v) is 10.5. The molecule has 24 heavy (non-hydrogen) atoms. The normalized spacial score (nSPS) is 23.8. The van der Waals surface area contributed by atoms with E-state index in [0.29, 0.717) is 19.0 Å². The molecule has 1 unspecified atom stereocenters. The summed E-state index contributed by atoms with van der Waals surface area (Å²) in [7, 11) is -1.21. The lowest BCUT2D eigenvalue weighted by Gasteiger charge is -2.37. The number of nitrogens with zero attached hydrogens (tertiary/aromatic N) is 2. The number of carbonyl (C=O) groups excluding carboxylic acids is 1. The molecule has 142 valence electrons. The summed E-state index contributed by atoms with van der Waals surface area (Å²) in [6.07, 6.45) is 4.90. The molecule has 0 bridgehead atoms. The van der Waals surface area contributed by atoms with Crippen LogP contribution in [0.5, 0.6) is 0 Å². The zero-order valence-electron chi connectivity index (χ0n) is 14.9. The summed E-state index contributed by atoms with van der Waals surface area (Å²) in [5, 5.41) is 3.18. The van der Waals surface area contributed by atoms with E-state index in [9.17, 15) is 13.2 Å². The summed E-state index contributed by atoms with van der Waals surface area (Å²) < 4.78 is 25.6. The second kappa shape index (κ2) is 9.94. The molecule has 0 radical (unpaired) electrons. The minimum absolute atomic E-state index is 0. The van der Waals surface area contributed by atoms with Gasteiger partial charge in [-0.25, -0.2) is 12.7 Å². The Kier molecular flexibility index (Phi) is 8.98. The Labute approximate surface area is 152 Å². The number of likely N-dealkylation sites (tertiary alicyclic amines) is 1. The molecule has 2 aliphatic heterocycles. The third-order valence-electron chi connectivity index (χ3n) is 5.22. The van der Waals surface area contributed by atoms with Gasteiger partial charge >= 0.3 is 0 Å². The zero-order valence-corrected chi connectivity index (χ0v) is 16.5. The van der Waals surface area contributed by atoms with E-state index in [1.807, 2.05) is 11.9 Å². The Morgan fingerprint density at radius 3 is 2.42 bits per heavy atom. The summed E-state index contributed by atoms with van der Waals surface area (Å²) in [5.74, 6) is 0.826. The van der Waals surface area contributed by atoms with Crippen LogP contribution in [0.25, 0.3) is 0 Å². The molecule has 2 aliphatic rings. The molecule has 8 heteroatoms. The summed E-state index contributed by atoms with van der Waals surface area (Å²) in [4.78, 5) is 14.7. The predicted molar refractivity (Wildman–Crippen MR) is 98.9 cm³/mol. The Bertz CT molecular complexity index is 493. The number of rotatable bonds is 6. The fraction of sp³-hybridized carbons (Fsp3) is 0.938. The lowest BCUT2D eigenvalue weighted by Crippen LogP contribution is -2.48. The second-order valence-corrected chi connectivity index (χ2v) is 9.02. The first-order valence-electron chi connectivity index (χ1n) is 8.89. The van der Waals surface area contributed by atoms with Crippen molar-refractivity contribution in [2.75, 3.05) is 45.5 Å². The van der Waals surface area contributed by atoms with Gasteiger partial charge in [-0.3, -0.25) is 4.79 Å². The van der Waals surface area contributed by atoms with Crippen LogP contribution in [0.3, 0.4) is 0 Å². The molecule has 0 spiro atoms. The van der Waals surface area contributed by atoms with Crippen LogP contribution in [0.4, 0.5) is 0 Å². The minimum Gasteiger partial charge on any atom is -0.342 e. The predicted octanol–water partition coefficient (Wildman–Crippen LogP) is 1.32. The van der Waals surface area contributed by atoms with E-state index in [4.69, 9.17) is 0 Å². The van der Waals surface area contributed by atoms with E-state index in [1.165, 1.54) is 10.7 Å². The van der Waals surface area contributed by atoms with Gasteiger partial charge in [0.15, 0.2) is 0 Å². The number of piperidine rings is 2. The third kappa shape index (κ3) is 5.58. The highest BCUT2D eigenvalue weighted by Crippen LogP contribution is 2.25. The SMILES string of the molecule is CCS(=O)(=O)N1CCCC(C(=O)N2CCC(CCNC)CC2)C1.Cl. The Balaban J connectivity index is 0.00000288. The number of hydrogen-bond donors (Lipinski definition) is 1. The lowest BCUT2D eigenvalue weighted by atomic mass is 9.91. The maximum absolute atomic E-state index is 12.7. The van der Waals surface area contributed by atoms with Crippen LogP contribution >= 0.6 is 12.4 Å². The molecule has 0 aliphatic carbocycles. The summed E-state index contributed by atoms with van der Waals surface area (Å²) in [5.41, 5.74) is 0. The first-order chi connectivity index (χ1) is 11.0. The van der Waals surface area contributed by atoms with Gasteiger partial charge in [-0.15, -0.1) is 12.4 Å². The van der Waals surface area contributed by atoms with Gasteiger partial charge in [0, 0.05) is 26.2 Å². The molecule has 1 atom stereocenters. The molecule has 0 aromatic rings. The zero-order chi connectivity index (χ0) is 16.9. The van der Waals surface area contributed by atoms with Gasteiger partial charge < -0.3 is 10.2 Å². The van der Waals surface area contributed by atoms with Crippen LogP contribution in [-0.4, -0.2) is 69.1 Å². The molecule has 2 fully saturated rings. The van der Waals surface area contributed by atoms with Gasteiger partial charge in [0.05, 0.1) is 11.7 Å². The average Bonchev–Trinajstić information content (AvgIpc) is 2.60. The van der Waals surface area contributed by atoms with Gasteiger partial charge in [0.2, 0.25) is 15.9 Å². The molecule has 2 heterocycles. The minimum atomic E-state index is -3.18. The van der Waals surface area contributed by atoms with Gasteiger partial charge in [-0.05, 0) is 58.5 Å². The van der Waals surface area contributed by atoms with Crippen molar-refractivity contribution in [2.24, 2.45) is 11.8 Å². The van der Waals surface area contributed by atoms with Crippen LogP contribution in [0.2, 0.25) is 0 Å². The number of nitrogens with one attached hydrogen (secondary N) is 1. The van der Waals surface area contributed by atoms with Gasteiger partial charge in [-0.1, -0.05) is 0 Å². The smallest absolute Gasteiger partial charge is 0.227 e. The van der Waals surface area contributed by atoms with Crippen LogP contribution in [0, 0.1) is 11.8 Å². The largest absolute Gasteiger partial charge is 0.342 e. The van der Waals surface area contributed by atoms with Crippen LogP contribution in [0.15, 0.2) is 0 Å². The standard InChI is InChI=1S/C16H31N3O3S.ClH/c1-3-23(21,22)19-10-4-5-15(13-19)16(20)18-11-7-14(8-12-18)6-9-17-2;/h14-15,17H,3-13H2,1-2H3;1H. The Morgan fingerprint density at radius 2 is 1.83 bits per heavy atom. The highest BCUT2D eigenvalue weighted by atomic mass is 35.5. The fourth-order valence-electron chi connectivity index (χ4n) is 3.63. The average molecular weight is 382 g/mol. The highest BCUT2D eigenvalue weighted by molar-refractivity contribution is 7.89. The molecule has 0 aromatic heterocycles. The van der Waals surface area contributed by atoms with E-state index in [1.54, 1.807) is 6.92 Å².